The van der Waals surface area contributed by atoms with Crippen LogP contribution in [0.5, 0.6) is 11.5 Å². The summed E-state index contributed by atoms with van der Waals surface area (Å²) in [5, 5.41) is -0.275. The summed E-state index contributed by atoms with van der Waals surface area (Å²) in [4.78, 5) is 10.4. The zero-order chi connectivity index (χ0) is 19.3. The van der Waals surface area contributed by atoms with Crippen LogP contribution in [0.4, 0.5) is 14.5 Å². The number of carbonyl (C=O) groups is 1. The van der Waals surface area contributed by atoms with Crippen molar-refractivity contribution in [2.45, 2.75) is 11.5 Å². The van der Waals surface area contributed by atoms with E-state index in [1.54, 1.807) is 0 Å². The molecule has 3 N–H and O–H groups in total. The summed E-state index contributed by atoms with van der Waals surface area (Å²) in [6, 6.07) is 8.79. The molecule has 0 aliphatic rings. The zero-order valence-electron chi connectivity index (χ0n) is 13.0. The van der Waals surface area contributed by atoms with Gasteiger partial charge in [-0.05, 0) is 42.5 Å². The van der Waals surface area contributed by atoms with Gasteiger partial charge in [0.05, 0.1) is 9.92 Å². The second-order valence-electron chi connectivity index (χ2n) is 4.86. The topological polar surface area (TPSA) is 108 Å². The van der Waals surface area contributed by atoms with Gasteiger partial charge in [0, 0.05) is 5.69 Å². The van der Waals surface area contributed by atoms with Crippen LogP contribution in [0.1, 0.15) is 0 Å². The van der Waals surface area contributed by atoms with Crippen LogP contribution < -0.4 is 19.9 Å². The van der Waals surface area contributed by atoms with Crippen LogP contribution in [0.2, 0.25) is 5.02 Å². The number of nitrogens with two attached hydrogens (primary N) is 1. The summed E-state index contributed by atoms with van der Waals surface area (Å²) in [5.74, 6) is -0.661. The molecule has 0 saturated heterocycles. The number of alkyl halides is 2. The van der Waals surface area contributed by atoms with E-state index in [0.717, 1.165) is 18.2 Å². The van der Waals surface area contributed by atoms with Crippen molar-refractivity contribution in [1.29, 1.82) is 0 Å². The first-order chi connectivity index (χ1) is 12.2. The molecular weight excluding hydrogens is 394 g/mol. The van der Waals surface area contributed by atoms with E-state index in [-0.39, 0.29) is 28.0 Å². The van der Waals surface area contributed by atoms with Crippen LogP contribution in [-0.4, -0.2) is 27.5 Å². The van der Waals surface area contributed by atoms with Gasteiger partial charge in [-0.2, -0.15) is 8.78 Å². The first-order valence-electron chi connectivity index (χ1n) is 6.96. The summed E-state index contributed by atoms with van der Waals surface area (Å²) in [5.41, 5.74) is 5.16. The predicted octanol–water partition coefficient (Wildman–Crippen LogP) is 2.61. The molecule has 26 heavy (non-hydrogen) atoms. The Balaban J connectivity index is 2.13. The molecule has 11 heteroatoms. The van der Waals surface area contributed by atoms with E-state index in [4.69, 9.17) is 22.1 Å². The Bertz CT molecular complexity index is 891. The molecule has 2 aromatic rings. The van der Waals surface area contributed by atoms with Crippen LogP contribution in [0.3, 0.4) is 0 Å². The number of benzene rings is 2. The van der Waals surface area contributed by atoms with Gasteiger partial charge >= 0.3 is 6.61 Å². The van der Waals surface area contributed by atoms with Crippen LogP contribution in [-0.2, 0) is 14.8 Å². The lowest BCUT2D eigenvalue weighted by Gasteiger charge is -2.11. The molecule has 0 unspecified atom stereocenters. The largest absolute Gasteiger partial charge is 0.484 e. The molecular formula is C15H13ClF2N2O5S. The number of halogens is 3. The number of anilines is 1. The van der Waals surface area contributed by atoms with Gasteiger partial charge in [-0.1, -0.05) is 11.6 Å². The maximum absolute atomic E-state index is 12.3. The summed E-state index contributed by atoms with van der Waals surface area (Å²) in [6.07, 6.45) is 0. The van der Waals surface area contributed by atoms with Gasteiger partial charge in [-0.25, -0.2) is 8.42 Å². The molecule has 0 radical (unpaired) electrons. The third-order valence-electron chi connectivity index (χ3n) is 2.92. The van der Waals surface area contributed by atoms with Crippen molar-refractivity contribution in [3.05, 3.63) is 47.5 Å². The molecule has 2 aromatic carbocycles. The number of sulfonamides is 1. The monoisotopic (exact) mass is 406 g/mol. The molecule has 0 atom stereocenters. The van der Waals surface area contributed by atoms with Crippen molar-refractivity contribution in [2.24, 2.45) is 5.73 Å². The van der Waals surface area contributed by atoms with Crippen LogP contribution in [0.15, 0.2) is 47.4 Å². The highest BCUT2D eigenvalue weighted by Gasteiger charge is 2.17. The number of hydrogen-bond donors (Lipinski definition) is 2. The maximum atomic E-state index is 12.3. The summed E-state index contributed by atoms with van der Waals surface area (Å²) >= 11 is 5.76. The van der Waals surface area contributed by atoms with E-state index in [0.29, 0.717) is 5.75 Å². The average molecular weight is 407 g/mol. The molecule has 1 amide bonds. The highest BCUT2D eigenvalue weighted by atomic mass is 35.5. The lowest BCUT2D eigenvalue weighted by Crippen LogP contribution is -2.20. The van der Waals surface area contributed by atoms with Crippen molar-refractivity contribution in [1.82, 2.24) is 0 Å². The van der Waals surface area contributed by atoms with Crippen molar-refractivity contribution >= 4 is 33.2 Å². The fourth-order valence-electron chi connectivity index (χ4n) is 1.83. The second kappa shape index (κ2) is 8.19. The normalized spacial score (nSPS) is 11.2. The fourth-order valence-corrected chi connectivity index (χ4v) is 3.20. The number of primary amides is 1. The number of rotatable bonds is 8. The van der Waals surface area contributed by atoms with Crippen molar-refractivity contribution in [3.63, 3.8) is 0 Å². The molecule has 0 heterocycles. The molecule has 0 bridgehead atoms. The number of ether oxygens (including phenoxy) is 2. The third kappa shape index (κ3) is 5.46. The maximum Gasteiger partial charge on any atom is 0.387 e. The van der Waals surface area contributed by atoms with Crippen LogP contribution in [0.25, 0.3) is 0 Å². The summed E-state index contributed by atoms with van der Waals surface area (Å²) in [6.45, 7) is -3.39. The third-order valence-corrected chi connectivity index (χ3v) is 4.59. The molecule has 0 spiro atoms. The minimum Gasteiger partial charge on any atom is -0.484 e. The predicted molar refractivity (Wildman–Crippen MR) is 90.0 cm³/mol. The van der Waals surface area contributed by atoms with Gasteiger partial charge < -0.3 is 15.2 Å². The van der Waals surface area contributed by atoms with Gasteiger partial charge in [0.25, 0.3) is 15.9 Å². The Morgan fingerprint density at radius 3 is 2.38 bits per heavy atom. The van der Waals surface area contributed by atoms with Gasteiger partial charge in [0.2, 0.25) is 0 Å². The molecule has 0 aromatic heterocycles. The number of carbonyl (C=O) groups excluding carboxylic acids is 1. The van der Waals surface area contributed by atoms with E-state index in [2.05, 4.69) is 9.46 Å². The minimum atomic E-state index is -4.01. The van der Waals surface area contributed by atoms with E-state index in [1.807, 2.05) is 0 Å². The molecule has 0 aliphatic heterocycles. The van der Waals surface area contributed by atoms with Gasteiger partial charge in [0.1, 0.15) is 11.5 Å². The quantitative estimate of drug-likeness (QED) is 0.700. The van der Waals surface area contributed by atoms with Crippen molar-refractivity contribution < 1.29 is 31.5 Å². The minimum absolute atomic E-state index is 0.209. The SMILES string of the molecule is NC(=O)COc1ccc(NS(=O)(=O)c2ccc(OC(F)F)c(Cl)c2)cc1. The second-order valence-corrected chi connectivity index (χ2v) is 6.95. The van der Waals surface area contributed by atoms with E-state index in [1.165, 1.54) is 24.3 Å². The van der Waals surface area contributed by atoms with Gasteiger partial charge in [-0.3, -0.25) is 9.52 Å². The molecule has 0 fully saturated rings. The van der Waals surface area contributed by atoms with E-state index < -0.39 is 22.5 Å². The number of nitrogens with one attached hydrogen (secondary N) is 1. The molecule has 0 saturated carbocycles. The van der Waals surface area contributed by atoms with E-state index in [9.17, 15) is 22.0 Å². The Kier molecular flexibility index (Phi) is 6.22. The van der Waals surface area contributed by atoms with Gasteiger partial charge in [0.15, 0.2) is 6.61 Å². The lowest BCUT2D eigenvalue weighted by molar-refractivity contribution is -0.119. The fraction of sp³-hybridized carbons (Fsp3) is 0.133. The lowest BCUT2D eigenvalue weighted by atomic mass is 10.3. The first-order valence-corrected chi connectivity index (χ1v) is 8.82. The first kappa shape index (κ1) is 19.7. The Labute approximate surface area is 152 Å². The Hall–Kier alpha value is -2.59. The summed E-state index contributed by atoms with van der Waals surface area (Å²) in [7, 11) is -4.01. The number of amides is 1. The molecule has 0 aliphatic carbocycles. The smallest absolute Gasteiger partial charge is 0.387 e. The molecule has 2 rings (SSSR count). The zero-order valence-corrected chi connectivity index (χ0v) is 14.6. The highest BCUT2D eigenvalue weighted by Crippen LogP contribution is 2.29. The van der Waals surface area contributed by atoms with Crippen LogP contribution in [0, 0.1) is 0 Å². The Morgan fingerprint density at radius 2 is 1.85 bits per heavy atom. The van der Waals surface area contributed by atoms with Gasteiger partial charge in [-0.15, -0.1) is 0 Å². The standard InChI is InChI=1S/C15H13ClF2N2O5S/c16-12-7-11(5-6-13(12)25-15(17)18)26(22,23)20-9-1-3-10(4-2-9)24-8-14(19)21/h1-7,15,20H,8H2,(H2,19,21). The molecule has 7 nitrogen and oxygen atoms in total. The molecule has 140 valence electrons. The van der Waals surface area contributed by atoms with Crippen LogP contribution >= 0.6 is 11.6 Å². The number of hydrogen-bond acceptors (Lipinski definition) is 5. The van der Waals surface area contributed by atoms with Crippen molar-refractivity contribution in [2.75, 3.05) is 11.3 Å². The Morgan fingerprint density at radius 1 is 1.19 bits per heavy atom. The van der Waals surface area contributed by atoms with E-state index >= 15 is 0 Å². The summed E-state index contributed by atoms with van der Waals surface area (Å²) < 4.78 is 60.6. The highest BCUT2D eigenvalue weighted by molar-refractivity contribution is 7.92. The average Bonchev–Trinajstić information content (AvgIpc) is 2.55. The van der Waals surface area contributed by atoms with Crippen molar-refractivity contribution in [3.8, 4) is 11.5 Å².